The minimum Gasteiger partial charge on any atom is -0.372 e. The summed E-state index contributed by atoms with van der Waals surface area (Å²) in [6, 6.07) is 15.3. The van der Waals surface area contributed by atoms with Gasteiger partial charge in [-0.15, -0.1) is 0 Å². The molecule has 0 radical (unpaired) electrons. The van der Waals surface area contributed by atoms with E-state index in [1.54, 1.807) is 18.3 Å². The van der Waals surface area contributed by atoms with Crippen LogP contribution in [0.15, 0.2) is 53.7 Å². The van der Waals surface area contributed by atoms with Crippen LogP contribution in [-0.2, 0) is 4.84 Å². The average Bonchev–Trinajstić information content (AvgIpc) is 2.62. The van der Waals surface area contributed by atoms with Crippen molar-refractivity contribution in [1.82, 2.24) is 0 Å². The van der Waals surface area contributed by atoms with Gasteiger partial charge in [-0.1, -0.05) is 48.8 Å². The first-order valence-corrected chi connectivity index (χ1v) is 8.80. The fourth-order valence-corrected chi connectivity index (χ4v) is 2.56. The number of rotatable bonds is 8. The number of hydrogen-bond acceptors (Lipinski definition) is 4. The van der Waals surface area contributed by atoms with Gasteiger partial charge in [-0.2, -0.15) is 0 Å². The van der Waals surface area contributed by atoms with E-state index in [2.05, 4.69) is 36.0 Å². The molecule has 132 valence electrons. The summed E-state index contributed by atoms with van der Waals surface area (Å²) in [7, 11) is 0. The van der Waals surface area contributed by atoms with Gasteiger partial charge in [0.25, 0.3) is 0 Å². The van der Waals surface area contributed by atoms with E-state index in [-0.39, 0.29) is 0 Å². The third kappa shape index (κ3) is 5.75. The highest BCUT2D eigenvalue weighted by Gasteiger charge is 2.06. The van der Waals surface area contributed by atoms with E-state index in [4.69, 9.17) is 4.84 Å². The number of carbonyl (C=O) groups excluding carboxylic acids is 1. The van der Waals surface area contributed by atoms with Crippen LogP contribution in [0.4, 0.5) is 5.69 Å². The van der Waals surface area contributed by atoms with Crippen molar-refractivity contribution >= 4 is 17.9 Å². The normalized spacial score (nSPS) is 10.8. The zero-order valence-electron chi connectivity index (χ0n) is 15.2. The van der Waals surface area contributed by atoms with E-state index >= 15 is 0 Å². The summed E-state index contributed by atoms with van der Waals surface area (Å²) >= 11 is 0. The zero-order chi connectivity index (χ0) is 18.1. The van der Waals surface area contributed by atoms with Crippen molar-refractivity contribution in [2.24, 2.45) is 5.16 Å². The number of benzene rings is 2. The number of hydrogen-bond donors (Lipinski definition) is 0. The Balaban J connectivity index is 1.94. The van der Waals surface area contributed by atoms with Crippen LogP contribution in [0.5, 0.6) is 0 Å². The van der Waals surface area contributed by atoms with Crippen LogP contribution in [0, 0.1) is 6.92 Å². The van der Waals surface area contributed by atoms with Gasteiger partial charge in [-0.25, -0.2) is 4.79 Å². The summed E-state index contributed by atoms with van der Waals surface area (Å²) in [5, 5.41) is 3.80. The van der Waals surface area contributed by atoms with Crippen molar-refractivity contribution < 1.29 is 9.63 Å². The van der Waals surface area contributed by atoms with E-state index in [1.807, 2.05) is 31.2 Å². The average molecular weight is 338 g/mol. The van der Waals surface area contributed by atoms with E-state index in [0.29, 0.717) is 5.56 Å². The van der Waals surface area contributed by atoms with E-state index in [0.717, 1.165) is 37.1 Å². The second-order valence-electron chi connectivity index (χ2n) is 6.06. The van der Waals surface area contributed by atoms with Gasteiger partial charge < -0.3 is 9.74 Å². The molecule has 2 rings (SSSR count). The standard InChI is InChI=1S/C21H26N2O2/c1-4-14-23(15-5-2)20-12-8-18(9-13-20)16-22-25-21(24)19-10-6-17(3)7-11-19/h6-13,16H,4-5,14-15H2,1-3H3/b22-16-. The van der Waals surface area contributed by atoms with E-state index in [1.165, 1.54) is 5.69 Å². The SMILES string of the molecule is CCCN(CCC)c1ccc(/C=N\OC(=O)c2ccc(C)cc2)cc1. The second kappa shape index (κ2) is 9.62. The Bertz CT molecular complexity index is 685. The Morgan fingerprint density at radius 1 is 1.00 bits per heavy atom. The van der Waals surface area contributed by atoms with Gasteiger partial charge in [0, 0.05) is 18.8 Å². The lowest BCUT2D eigenvalue weighted by atomic mass is 10.2. The van der Waals surface area contributed by atoms with Gasteiger partial charge in [0.1, 0.15) is 0 Å². The maximum Gasteiger partial charge on any atom is 0.365 e. The van der Waals surface area contributed by atoms with Gasteiger partial charge in [-0.3, -0.25) is 0 Å². The van der Waals surface area contributed by atoms with Crippen LogP contribution in [0.2, 0.25) is 0 Å². The van der Waals surface area contributed by atoms with Crippen LogP contribution in [0.25, 0.3) is 0 Å². The van der Waals surface area contributed by atoms with Gasteiger partial charge in [0.2, 0.25) is 0 Å². The summed E-state index contributed by atoms with van der Waals surface area (Å²) in [6.45, 7) is 8.45. The van der Waals surface area contributed by atoms with E-state index in [9.17, 15) is 4.79 Å². The summed E-state index contributed by atoms with van der Waals surface area (Å²) in [4.78, 5) is 19.2. The molecule has 0 atom stereocenters. The first-order chi connectivity index (χ1) is 12.1. The fraction of sp³-hybridized carbons (Fsp3) is 0.333. The molecule has 25 heavy (non-hydrogen) atoms. The van der Waals surface area contributed by atoms with Gasteiger partial charge in [0.15, 0.2) is 0 Å². The molecule has 0 amide bonds. The molecule has 2 aromatic rings. The van der Waals surface area contributed by atoms with E-state index < -0.39 is 5.97 Å². The maximum atomic E-state index is 11.9. The monoisotopic (exact) mass is 338 g/mol. The van der Waals surface area contributed by atoms with Crippen LogP contribution < -0.4 is 4.90 Å². The highest BCUT2D eigenvalue weighted by molar-refractivity contribution is 5.90. The largest absolute Gasteiger partial charge is 0.372 e. The van der Waals surface area contributed by atoms with Crippen molar-refractivity contribution in [3.05, 3.63) is 65.2 Å². The molecule has 0 saturated carbocycles. The Labute approximate surface area is 150 Å². The smallest absolute Gasteiger partial charge is 0.365 e. The molecule has 4 heteroatoms. The quantitative estimate of drug-likeness (QED) is 0.394. The van der Waals surface area contributed by atoms with Crippen molar-refractivity contribution in [1.29, 1.82) is 0 Å². The Morgan fingerprint density at radius 2 is 1.60 bits per heavy atom. The molecule has 2 aromatic carbocycles. The summed E-state index contributed by atoms with van der Waals surface area (Å²) in [5.74, 6) is -0.454. The number of carbonyl (C=O) groups is 1. The Kier molecular flexibility index (Phi) is 7.20. The highest BCUT2D eigenvalue weighted by atomic mass is 16.7. The number of anilines is 1. The molecular weight excluding hydrogens is 312 g/mol. The predicted octanol–water partition coefficient (Wildman–Crippen LogP) is 4.81. The molecule has 0 saturated heterocycles. The molecule has 0 bridgehead atoms. The van der Waals surface area contributed by atoms with Gasteiger partial charge >= 0.3 is 5.97 Å². The first kappa shape index (κ1) is 18.7. The van der Waals surface area contributed by atoms with Gasteiger partial charge in [-0.05, 0) is 49.6 Å². The third-order valence-corrected chi connectivity index (χ3v) is 3.87. The highest BCUT2D eigenvalue weighted by Crippen LogP contribution is 2.15. The van der Waals surface area contributed by atoms with Crippen molar-refractivity contribution in [3.63, 3.8) is 0 Å². The van der Waals surface area contributed by atoms with Crippen LogP contribution >= 0.6 is 0 Å². The summed E-state index contributed by atoms with van der Waals surface area (Å²) in [5.41, 5.74) is 3.69. The fourth-order valence-electron chi connectivity index (χ4n) is 2.56. The predicted molar refractivity (Wildman–Crippen MR) is 103 cm³/mol. The Morgan fingerprint density at radius 3 is 2.16 bits per heavy atom. The lowest BCUT2D eigenvalue weighted by Crippen LogP contribution is -2.24. The summed E-state index contributed by atoms with van der Waals surface area (Å²) in [6.07, 6.45) is 3.80. The maximum absolute atomic E-state index is 11.9. The third-order valence-electron chi connectivity index (χ3n) is 3.87. The molecule has 0 aliphatic rings. The lowest BCUT2D eigenvalue weighted by molar-refractivity contribution is 0.0519. The number of aryl methyl sites for hydroxylation is 1. The molecule has 0 heterocycles. The zero-order valence-corrected chi connectivity index (χ0v) is 15.2. The Hall–Kier alpha value is -2.62. The molecule has 0 aromatic heterocycles. The van der Waals surface area contributed by atoms with Crippen LogP contribution in [-0.4, -0.2) is 25.3 Å². The topological polar surface area (TPSA) is 41.9 Å². The molecular formula is C21H26N2O2. The molecule has 0 aliphatic carbocycles. The first-order valence-electron chi connectivity index (χ1n) is 8.80. The summed E-state index contributed by atoms with van der Waals surface area (Å²) < 4.78 is 0. The van der Waals surface area contributed by atoms with Crippen LogP contribution in [0.3, 0.4) is 0 Å². The van der Waals surface area contributed by atoms with Crippen molar-refractivity contribution in [2.75, 3.05) is 18.0 Å². The molecule has 0 N–H and O–H groups in total. The van der Waals surface area contributed by atoms with Gasteiger partial charge in [0.05, 0.1) is 11.8 Å². The molecule has 0 fully saturated rings. The lowest BCUT2D eigenvalue weighted by Gasteiger charge is -2.23. The molecule has 4 nitrogen and oxygen atoms in total. The van der Waals surface area contributed by atoms with Crippen molar-refractivity contribution in [2.45, 2.75) is 33.6 Å². The number of oxime groups is 1. The molecule has 0 aliphatic heterocycles. The van der Waals surface area contributed by atoms with Crippen molar-refractivity contribution in [3.8, 4) is 0 Å². The number of nitrogens with zero attached hydrogens (tertiary/aromatic N) is 2. The molecule has 0 spiro atoms. The molecule has 0 unspecified atom stereocenters. The second-order valence-corrected chi connectivity index (χ2v) is 6.06. The van der Waals surface area contributed by atoms with Crippen LogP contribution in [0.1, 0.15) is 48.2 Å². The minimum atomic E-state index is -0.454. The minimum absolute atomic E-state index is 0.454.